The first-order valence-electron chi connectivity index (χ1n) is 12.9. The molecule has 218 valence electrons. The first kappa shape index (κ1) is 29.4. The number of carbonyl (C=O) groups is 1. The van der Waals surface area contributed by atoms with Crippen LogP contribution in [0.1, 0.15) is 49.4 Å². The van der Waals surface area contributed by atoms with E-state index in [4.69, 9.17) is 23.4 Å². The Hall–Kier alpha value is -3.58. The van der Waals surface area contributed by atoms with Crippen molar-refractivity contribution in [1.82, 2.24) is 4.98 Å². The van der Waals surface area contributed by atoms with Crippen molar-refractivity contribution in [3.05, 3.63) is 51.6 Å². The Morgan fingerprint density at radius 1 is 1.18 bits per heavy atom. The number of aryl methyl sites for hydroxylation is 2. The lowest BCUT2D eigenvalue weighted by molar-refractivity contribution is -0.305. The molecule has 0 spiro atoms. The number of hydrogen-bond donors (Lipinski definition) is 5. The zero-order valence-electron chi connectivity index (χ0n) is 23.5. The van der Waals surface area contributed by atoms with Gasteiger partial charge in [-0.15, -0.1) is 0 Å². The van der Waals surface area contributed by atoms with Gasteiger partial charge in [-0.1, -0.05) is 13.8 Å². The first-order valence-corrected chi connectivity index (χ1v) is 12.9. The minimum absolute atomic E-state index is 0.0500. The molecule has 40 heavy (non-hydrogen) atoms. The Morgan fingerprint density at radius 3 is 2.48 bits per heavy atom. The van der Waals surface area contributed by atoms with Crippen LogP contribution in [0.4, 0.5) is 5.69 Å². The number of carbonyl (C=O) groups excluding carboxylic acids is 1. The van der Waals surface area contributed by atoms with Crippen LogP contribution in [0.3, 0.4) is 0 Å². The number of rotatable bonds is 8. The van der Waals surface area contributed by atoms with Crippen LogP contribution < -0.4 is 15.7 Å². The molecular weight excluding hydrogens is 524 g/mol. The molecule has 1 unspecified atom stereocenters. The monoisotopic (exact) mass is 560 g/mol. The second-order valence-corrected chi connectivity index (χ2v) is 10.8. The molecule has 1 aliphatic rings. The number of hydrogen-bond acceptors (Lipinski definition) is 11. The zero-order valence-corrected chi connectivity index (χ0v) is 23.5. The second kappa shape index (κ2) is 11.1. The number of aliphatic hydroxyl groups is 2. The molecule has 3 aromatic rings. The molecule has 0 radical (unpaired) electrons. The number of methoxy groups -OCH3 is 1. The number of ether oxygens (including phenoxy) is 4. The number of benzene rings is 1. The summed E-state index contributed by atoms with van der Waals surface area (Å²) in [5, 5.41) is 34.9. The Kier molecular flexibility index (Phi) is 8.18. The Bertz CT molecular complexity index is 1440. The third kappa shape index (κ3) is 5.52. The highest BCUT2D eigenvalue weighted by Gasteiger charge is 2.53. The number of esters is 1. The molecule has 5 N–H and O–H groups in total. The summed E-state index contributed by atoms with van der Waals surface area (Å²) in [6, 6.07) is 6.31. The second-order valence-electron chi connectivity index (χ2n) is 10.8. The maximum absolute atomic E-state index is 12.8. The first-order chi connectivity index (χ1) is 18.7. The molecule has 1 aromatic carbocycles. The molecule has 1 aliphatic heterocycles. The zero-order chi connectivity index (χ0) is 29.5. The van der Waals surface area contributed by atoms with Crippen LogP contribution in [-0.4, -0.2) is 69.8 Å². The molecule has 12 heteroatoms. The van der Waals surface area contributed by atoms with Crippen molar-refractivity contribution in [3.8, 4) is 11.5 Å². The fraction of sp³-hybridized carbons (Fsp3) is 0.500. The van der Waals surface area contributed by atoms with Gasteiger partial charge >= 0.3 is 11.6 Å². The standard InChI is InChI=1S/C28H36N2O10/c1-12(2)24(33)30-18-19(31)15-9-11-17(14(4)21(15)38-26(18)35)37-27-20(32)22(23(36-7)28(5,6)40-27)39-25(34)16-10-8-13(3)29-16/h8-12,20,22-24,27,29-33H,1-7H3/t20-,22+,23-,24?,27-/m1/s1. The number of anilines is 1. The predicted octanol–water partition coefficient (Wildman–Crippen LogP) is 2.95. The van der Waals surface area contributed by atoms with E-state index in [1.165, 1.54) is 19.2 Å². The maximum atomic E-state index is 12.8. The molecule has 0 bridgehead atoms. The van der Waals surface area contributed by atoms with Crippen LogP contribution in [0.25, 0.3) is 11.0 Å². The Balaban J connectivity index is 1.64. The summed E-state index contributed by atoms with van der Waals surface area (Å²) in [5.41, 5.74) is -0.809. The third-order valence-electron chi connectivity index (χ3n) is 6.98. The number of aromatic nitrogens is 1. The predicted molar refractivity (Wildman–Crippen MR) is 144 cm³/mol. The summed E-state index contributed by atoms with van der Waals surface area (Å²) in [6.07, 6.45) is -5.83. The van der Waals surface area contributed by atoms with Gasteiger partial charge in [-0.2, -0.15) is 0 Å². The van der Waals surface area contributed by atoms with Crippen molar-refractivity contribution in [3.63, 3.8) is 0 Å². The highest BCUT2D eigenvalue weighted by atomic mass is 16.7. The van der Waals surface area contributed by atoms with E-state index in [9.17, 15) is 24.9 Å². The molecule has 0 aliphatic carbocycles. The van der Waals surface area contributed by atoms with Crippen molar-refractivity contribution < 1.29 is 43.5 Å². The van der Waals surface area contributed by atoms with Gasteiger partial charge in [0, 0.05) is 18.4 Å². The molecule has 3 heterocycles. The molecule has 2 aromatic heterocycles. The van der Waals surface area contributed by atoms with Gasteiger partial charge in [0.15, 0.2) is 23.6 Å². The number of nitrogens with one attached hydrogen (secondary N) is 2. The van der Waals surface area contributed by atoms with E-state index in [2.05, 4.69) is 10.3 Å². The van der Waals surface area contributed by atoms with E-state index in [1.54, 1.807) is 53.7 Å². The van der Waals surface area contributed by atoms with E-state index in [0.29, 0.717) is 5.56 Å². The van der Waals surface area contributed by atoms with Crippen LogP contribution in [0, 0.1) is 19.8 Å². The van der Waals surface area contributed by atoms with Crippen LogP contribution in [0.5, 0.6) is 11.5 Å². The van der Waals surface area contributed by atoms with Crippen LogP contribution in [0.2, 0.25) is 0 Å². The van der Waals surface area contributed by atoms with E-state index in [-0.39, 0.29) is 39.8 Å². The van der Waals surface area contributed by atoms with Gasteiger partial charge in [-0.25, -0.2) is 9.59 Å². The summed E-state index contributed by atoms with van der Waals surface area (Å²) < 4.78 is 28.8. The quantitative estimate of drug-likeness (QED) is 0.156. The smallest absolute Gasteiger partial charge is 0.363 e. The molecular formula is C28H36N2O10. The van der Waals surface area contributed by atoms with Gasteiger partial charge in [-0.05, 0) is 57.9 Å². The highest BCUT2D eigenvalue weighted by Crippen LogP contribution is 2.38. The Labute approximate surface area is 230 Å². The third-order valence-corrected chi connectivity index (χ3v) is 6.98. The fourth-order valence-electron chi connectivity index (χ4n) is 4.68. The Morgan fingerprint density at radius 2 is 1.88 bits per heavy atom. The largest absolute Gasteiger partial charge is 0.505 e. The topological polar surface area (TPSA) is 173 Å². The van der Waals surface area contributed by atoms with Crippen molar-refractivity contribution in [2.24, 2.45) is 5.92 Å². The van der Waals surface area contributed by atoms with Gasteiger partial charge < -0.3 is 49.0 Å². The molecule has 12 nitrogen and oxygen atoms in total. The molecule has 1 saturated heterocycles. The summed E-state index contributed by atoms with van der Waals surface area (Å²) in [7, 11) is 1.43. The highest BCUT2D eigenvalue weighted by molar-refractivity contribution is 5.91. The van der Waals surface area contributed by atoms with E-state index in [0.717, 1.165) is 5.69 Å². The maximum Gasteiger partial charge on any atom is 0.363 e. The van der Waals surface area contributed by atoms with Crippen LogP contribution in [-0.2, 0) is 14.2 Å². The SMILES string of the molecule is CO[C@@H]1[C@@H](OC(=O)c2ccc(C)[nH]2)[C@@H](O)[C@H](Oc2ccc3c(O)c(NC(O)C(C)C)c(=O)oc3c2C)OC1(C)C. The lowest BCUT2D eigenvalue weighted by Crippen LogP contribution is -2.65. The van der Waals surface area contributed by atoms with Crippen molar-refractivity contribution >= 4 is 22.6 Å². The lowest BCUT2D eigenvalue weighted by Gasteiger charge is -2.47. The van der Waals surface area contributed by atoms with Crippen molar-refractivity contribution in [1.29, 1.82) is 0 Å². The number of aliphatic hydroxyl groups excluding tert-OH is 2. The average molecular weight is 561 g/mol. The van der Waals surface area contributed by atoms with Gasteiger partial charge in [0.25, 0.3) is 0 Å². The van der Waals surface area contributed by atoms with Crippen molar-refractivity contribution in [2.75, 3.05) is 12.4 Å². The van der Waals surface area contributed by atoms with Crippen LogP contribution >= 0.6 is 0 Å². The van der Waals surface area contributed by atoms with E-state index < -0.39 is 48.0 Å². The van der Waals surface area contributed by atoms with E-state index >= 15 is 0 Å². The number of aromatic amines is 1. The summed E-state index contributed by atoms with van der Waals surface area (Å²) >= 11 is 0. The van der Waals surface area contributed by atoms with Gasteiger partial charge in [0.2, 0.25) is 6.29 Å². The number of aromatic hydroxyl groups is 1. The lowest BCUT2D eigenvalue weighted by atomic mass is 9.89. The summed E-state index contributed by atoms with van der Waals surface area (Å²) in [5.74, 6) is -1.10. The normalized spacial score (nSPS) is 23.2. The molecule has 0 saturated carbocycles. The number of H-pyrrole nitrogens is 1. The average Bonchev–Trinajstić information content (AvgIpc) is 3.32. The fourth-order valence-corrected chi connectivity index (χ4v) is 4.68. The molecule has 0 amide bonds. The van der Waals surface area contributed by atoms with E-state index in [1.807, 2.05) is 0 Å². The van der Waals surface area contributed by atoms with Gasteiger partial charge in [0.05, 0.1) is 11.0 Å². The molecule has 1 fully saturated rings. The van der Waals surface area contributed by atoms with Gasteiger partial charge in [-0.3, -0.25) is 0 Å². The minimum Gasteiger partial charge on any atom is -0.505 e. The minimum atomic E-state index is -1.46. The summed E-state index contributed by atoms with van der Waals surface area (Å²) in [6.45, 7) is 10.3. The van der Waals surface area contributed by atoms with Crippen LogP contribution in [0.15, 0.2) is 33.5 Å². The molecule has 4 rings (SSSR count). The number of fused-ring (bicyclic) bond motifs is 1. The van der Waals surface area contributed by atoms with Gasteiger partial charge in [0.1, 0.15) is 29.4 Å². The molecule has 5 atom stereocenters. The summed E-state index contributed by atoms with van der Waals surface area (Å²) in [4.78, 5) is 28.4. The van der Waals surface area contributed by atoms with Crippen molar-refractivity contribution in [2.45, 2.75) is 78.0 Å².